The van der Waals surface area contributed by atoms with Crippen LogP contribution in [0.4, 0.5) is 0 Å². The maximum absolute atomic E-state index is 4.42. The number of hydrogen-bond donors (Lipinski definition) is 2. The molecule has 0 amide bonds. The number of nitrogens with zero attached hydrogens (tertiary/aromatic N) is 3. The Bertz CT molecular complexity index is 550. The van der Waals surface area contributed by atoms with Gasteiger partial charge in [0.25, 0.3) is 0 Å². The van der Waals surface area contributed by atoms with Gasteiger partial charge in [-0.2, -0.15) is 0 Å². The van der Waals surface area contributed by atoms with E-state index in [1.807, 2.05) is 18.3 Å². The molecule has 0 atom stereocenters. The molecular formula is C15H24IN5S. The number of guanidine groups is 1. The molecule has 2 heterocycles. The van der Waals surface area contributed by atoms with Crippen molar-refractivity contribution in [1.29, 1.82) is 0 Å². The maximum atomic E-state index is 4.42. The van der Waals surface area contributed by atoms with Crippen molar-refractivity contribution >= 4 is 41.3 Å². The van der Waals surface area contributed by atoms with Crippen LogP contribution in [0.2, 0.25) is 0 Å². The lowest BCUT2D eigenvalue weighted by molar-refractivity contribution is 0.665. The van der Waals surface area contributed by atoms with Crippen LogP contribution in [0.3, 0.4) is 0 Å². The Labute approximate surface area is 153 Å². The van der Waals surface area contributed by atoms with Gasteiger partial charge >= 0.3 is 0 Å². The van der Waals surface area contributed by atoms with Crippen LogP contribution in [0.25, 0.3) is 0 Å². The van der Waals surface area contributed by atoms with Crippen LogP contribution < -0.4 is 10.6 Å². The van der Waals surface area contributed by atoms with Gasteiger partial charge in [0.1, 0.15) is 0 Å². The molecule has 7 heteroatoms. The fourth-order valence-corrected chi connectivity index (χ4v) is 2.82. The highest BCUT2D eigenvalue weighted by Crippen LogP contribution is 2.13. The fourth-order valence-electron chi connectivity index (χ4n) is 1.96. The summed E-state index contributed by atoms with van der Waals surface area (Å²) in [6.07, 6.45) is 8.10. The van der Waals surface area contributed by atoms with E-state index in [2.05, 4.69) is 44.5 Å². The molecule has 2 aromatic heterocycles. The van der Waals surface area contributed by atoms with Crippen LogP contribution >= 0.6 is 35.3 Å². The smallest absolute Gasteiger partial charge is 0.191 e. The predicted molar refractivity (Wildman–Crippen MR) is 104 cm³/mol. The average molecular weight is 433 g/mol. The molecule has 2 aromatic rings. The largest absolute Gasteiger partial charge is 0.356 e. The van der Waals surface area contributed by atoms with E-state index in [0.29, 0.717) is 0 Å². The van der Waals surface area contributed by atoms with Crippen molar-refractivity contribution in [1.82, 2.24) is 20.2 Å². The molecule has 0 aliphatic carbocycles. The van der Waals surface area contributed by atoms with Gasteiger partial charge in [0.2, 0.25) is 0 Å². The van der Waals surface area contributed by atoms with E-state index < -0.39 is 0 Å². The molecule has 22 heavy (non-hydrogen) atoms. The summed E-state index contributed by atoms with van der Waals surface area (Å²) in [6.45, 7) is 4.79. The Balaban J connectivity index is 0.00000242. The first-order chi connectivity index (χ1) is 10.3. The van der Waals surface area contributed by atoms with Crippen molar-refractivity contribution in [3.8, 4) is 0 Å². The minimum atomic E-state index is 0. The molecule has 0 spiro atoms. The van der Waals surface area contributed by atoms with Crippen molar-refractivity contribution in [2.75, 3.05) is 20.1 Å². The van der Waals surface area contributed by atoms with Gasteiger partial charge in [-0.05, 0) is 18.6 Å². The zero-order valence-electron chi connectivity index (χ0n) is 13.1. The average Bonchev–Trinajstić information content (AvgIpc) is 3.17. The number of nitrogens with one attached hydrogen (secondary N) is 2. The molecular weight excluding hydrogens is 409 g/mol. The molecule has 0 fully saturated rings. The van der Waals surface area contributed by atoms with E-state index >= 15 is 0 Å². The summed E-state index contributed by atoms with van der Waals surface area (Å²) in [4.78, 5) is 9.99. The molecule has 122 valence electrons. The maximum Gasteiger partial charge on any atom is 0.191 e. The Kier molecular flexibility index (Phi) is 9.14. The van der Waals surface area contributed by atoms with E-state index in [0.717, 1.165) is 38.4 Å². The van der Waals surface area contributed by atoms with Gasteiger partial charge in [-0.3, -0.25) is 4.99 Å². The highest BCUT2D eigenvalue weighted by atomic mass is 127. The lowest BCUT2D eigenvalue weighted by Gasteiger charge is -2.11. The van der Waals surface area contributed by atoms with Crippen molar-refractivity contribution in [3.05, 3.63) is 40.6 Å². The van der Waals surface area contributed by atoms with Crippen LogP contribution in [-0.4, -0.2) is 35.6 Å². The zero-order chi connectivity index (χ0) is 14.9. The summed E-state index contributed by atoms with van der Waals surface area (Å²) >= 11 is 1.79. The third-order valence-electron chi connectivity index (χ3n) is 3.13. The van der Waals surface area contributed by atoms with Crippen molar-refractivity contribution in [3.63, 3.8) is 0 Å². The summed E-state index contributed by atoms with van der Waals surface area (Å²) in [7, 11) is 1.80. The standard InChI is InChI=1S/C15H23N5S.HI/c1-3-13-12-19-14(21-13)6-7-17-15(16-2)18-8-11-20-9-4-5-10-20;/h4-5,9-10,12H,3,6-8,11H2,1-2H3,(H2,16,17,18);1H. The van der Waals surface area contributed by atoms with Crippen molar-refractivity contribution < 1.29 is 0 Å². The van der Waals surface area contributed by atoms with Crippen LogP contribution in [0.15, 0.2) is 35.7 Å². The molecule has 2 rings (SSSR count). The highest BCUT2D eigenvalue weighted by Gasteiger charge is 2.01. The highest BCUT2D eigenvalue weighted by molar-refractivity contribution is 14.0. The molecule has 2 N–H and O–H groups in total. The van der Waals surface area contributed by atoms with E-state index in [4.69, 9.17) is 0 Å². The number of thiazole rings is 1. The van der Waals surface area contributed by atoms with Gasteiger partial charge in [-0.1, -0.05) is 6.92 Å². The number of hydrogen-bond acceptors (Lipinski definition) is 3. The first kappa shape index (κ1) is 19.0. The first-order valence-electron chi connectivity index (χ1n) is 7.30. The van der Waals surface area contributed by atoms with E-state index in [-0.39, 0.29) is 24.0 Å². The number of aromatic nitrogens is 2. The minimum absolute atomic E-state index is 0. The van der Waals surface area contributed by atoms with Gasteiger partial charge < -0.3 is 15.2 Å². The molecule has 0 saturated heterocycles. The van der Waals surface area contributed by atoms with Crippen LogP contribution in [0, 0.1) is 0 Å². The molecule has 0 aliphatic rings. The molecule has 0 radical (unpaired) electrons. The lowest BCUT2D eigenvalue weighted by atomic mass is 10.4. The Hall–Kier alpha value is -1.09. The summed E-state index contributed by atoms with van der Waals surface area (Å²) in [6, 6.07) is 4.07. The van der Waals surface area contributed by atoms with E-state index in [9.17, 15) is 0 Å². The summed E-state index contributed by atoms with van der Waals surface area (Å²) in [5, 5.41) is 7.82. The summed E-state index contributed by atoms with van der Waals surface area (Å²) in [5.74, 6) is 0.842. The topological polar surface area (TPSA) is 54.2 Å². The summed E-state index contributed by atoms with van der Waals surface area (Å²) < 4.78 is 2.14. The molecule has 0 saturated carbocycles. The van der Waals surface area contributed by atoms with E-state index in [1.54, 1.807) is 18.4 Å². The SMILES string of the molecule is CCc1cnc(CCNC(=NC)NCCn2cccc2)s1.I. The molecule has 0 unspecified atom stereocenters. The second-order valence-electron chi connectivity index (χ2n) is 4.67. The minimum Gasteiger partial charge on any atom is -0.356 e. The Morgan fingerprint density at radius 2 is 2.00 bits per heavy atom. The lowest BCUT2D eigenvalue weighted by Crippen LogP contribution is -2.39. The van der Waals surface area contributed by atoms with Gasteiger partial charge in [-0.15, -0.1) is 35.3 Å². The third-order valence-corrected chi connectivity index (χ3v) is 4.33. The fraction of sp³-hybridized carbons (Fsp3) is 0.467. The van der Waals surface area contributed by atoms with Crippen LogP contribution in [-0.2, 0) is 19.4 Å². The van der Waals surface area contributed by atoms with Crippen molar-refractivity contribution in [2.45, 2.75) is 26.3 Å². The Morgan fingerprint density at radius 1 is 1.27 bits per heavy atom. The number of aliphatic imine (C=N–C) groups is 1. The van der Waals surface area contributed by atoms with Gasteiger partial charge in [-0.25, -0.2) is 4.98 Å². The summed E-state index contributed by atoms with van der Waals surface area (Å²) in [5.41, 5.74) is 0. The van der Waals surface area contributed by atoms with Crippen molar-refractivity contribution in [2.24, 2.45) is 4.99 Å². The third kappa shape index (κ3) is 6.35. The van der Waals surface area contributed by atoms with Crippen LogP contribution in [0.5, 0.6) is 0 Å². The predicted octanol–water partition coefficient (Wildman–Crippen LogP) is 2.53. The monoisotopic (exact) mass is 433 g/mol. The van der Waals surface area contributed by atoms with Crippen LogP contribution in [0.1, 0.15) is 16.8 Å². The number of rotatable bonds is 7. The first-order valence-corrected chi connectivity index (χ1v) is 8.12. The molecule has 0 aliphatic heterocycles. The van der Waals surface area contributed by atoms with Gasteiger partial charge in [0, 0.05) is 56.6 Å². The quantitative estimate of drug-likeness (QED) is 0.401. The van der Waals surface area contributed by atoms with Gasteiger partial charge in [0.15, 0.2) is 5.96 Å². The second kappa shape index (κ2) is 10.6. The Morgan fingerprint density at radius 3 is 2.64 bits per heavy atom. The molecule has 5 nitrogen and oxygen atoms in total. The second-order valence-corrected chi connectivity index (χ2v) is 5.87. The molecule has 0 bridgehead atoms. The number of aryl methyl sites for hydroxylation is 1. The zero-order valence-corrected chi connectivity index (χ0v) is 16.2. The van der Waals surface area contributed by atoms with E-state index in [1.165, 1.54) is 9.88 Å². The molecule has 0 aromatic carbocycles. The number of halogens is 1. The normalized spacial score (nSPS) is 11.1. The van der Waals surface area contributed by atoms with Gasteiger partial charge in [0.05, 0.1) is 5.01 Å².